The summed E-state index contributed by atoms with van der Waals surface area (Å²) in [5.41, 5.74) is -0.495. The van der Waals surface area contributed by atoms with Gasteiger partial charge in [-0.2, -0.15) is 0 Å². The molecule has 1 aromatic heterocycles. The van der Waals surface area contributed by atoms with E-state index in [2.05, 4.69) is 10.3 Å². The number of aliphatic carboxylic acids is 1. The molecule has 1 aromatic rings. The zero-order valence-corrected chi connectivity index (χ0v) is 12.7. The molecule has 2 aliphatic carbocycles. The van der Waals surface area contributed by atoms with Crippen LogP contribution in [0.2, 0.25) is 5.02 Å². The van der Waals surface area contributed by atoms with Crippen LogP contribution in [0.1, 0.15) is 36.0 Å². The van der Waals surface area contributed by atoms with E-state index in [4.69, 9.17) is 21.4 Å². The molecular formula is C15H17ClN2O4. The molecule has 3 rings (SSSR count). The van der Waals surface area contributed by atoms with Gasteiger partial charge in [0.15, 0.2) is 0 Å². The summed E-state index contributed by atoms with van der Waals surface area (Å²) in [6, 6.07) is 1.49. The smallest absolute Gasteiger partial charge is 0.311 e. The van der Waals surface area contributed by atoms with Gasteiger partial charge in [-0.05, 0) is 37.7 Å². The van der Waals surface area contributed by atoms with E-state index in [0.29, 0.717) is 36.8 Å². The van der Waals surface area contributed by atoms with Gasteiger partial charge in [0.2, 0.25) is 5.88 Å². The number of halogens is 1. The van der Waals surface area contributed by atoms with Crippen molar-refractivity contribution in [1.82, 2.24) is 10.3 Å². The normalized spacial score (nSPS) is 18.6. The van der Waals surface area contributed by atoms with E-state index in [1.54, 1.807) is 0 Å². The van der Waals surface area contributed by atoms with E-state index in [-0.39, 0.29) is 17.5 Å². The molecule has 1 amide bonds. The van der Waals surface area contributed by atoms with Crippen molar-refractivity contribution in [2.75, 3.05) is 13.2 Å². The Morgan fingerprint density at radius 2 is 2.18 bits per heavy atom. The number of hydrogen-bond acceptors (Lipinski definition) is 4. The molecule has 22 heavy (non-hydrogen) atoms. The van der Waals surface area contributed by atoms with Crippen LogP contribution in [0, 0.1) is 11.3 Å². The number of rotatable bonds is 7. The molecule has 0 atom stereocenters. The second kappa shape index (κ2) is 5.76. The maximum absolute atomic E-state index is 12.0. The predicted molar refractivity (Wildman–Crippen MR) is 79.1 cm³/mol. The molecule has 0 saturated heterocycles. The number of aromatic nitrogens is 1. The van der Waals surface area contributed by atoms with Crippen LogP contribution in [-0.2, 0) is 4.79 Å². The third-order valence-electron chi connectivity index (χ3n) is 4.12. The molecular weight excluding hydrogens is 308 g/mol. The number of carbonyl (C=O) groups excluding carboxylic acids is 1. The molecule has 7 heteroatoms. The Hall–Kier alpha value is -1.82. The van der Waals surface area contributed by atoms with E-state index >= 15 is 0 Å². The number of carboxylic acids is 1. The second-order valence-electron chi connectivity index (χ2n) is 6.03. The lowest BCUT2D eigenvalue weighted by atomic mass is 10.1. The zero-order valence-electron chi connectivity index (χ0n) is 12.0. The molecule has 0 aromatic carbocycles. The molecule has 0 unspecified atom stereocenters. The van der Waals surface area contributed by atoms with Gasteiger partial charge in [0.1, 0.15) is 5.02 Å². The number of hydrogen-bond donors (Lipinski definition) is 2. The molecule has 2 N–H and O–H groups in total. The molecule has 2 fully saturated rings. The molecule has 2 aliphatic rings. The van der Waals surface area contributed by atoms with Crippen molar-refractivity contribution in [2.24, 2.45) is 11.3 Å². The van der Waals surface area contributed by atoms with Gasteiger partial charge in [-0.25, -0.2) is 4.98 Å². The highest BCUT2D eigenvalue weighted by atomic mass is 35.5. The zero-order chi connectivity index (χ0) is 15.7. The number of amides is 1. The van der Waals surface area contributed by atoms with Crippen LogP contribution >= 0.6 is 11.6 Å². The fraction of sp³-hybridized carbons (Fsp3) is 0.533. The van der Waals surface area contributed by atoms with Gasteiger partial charge < -0.3 is 15.2 Å². The highest BCUT2D eigenvalue weighted by molar-refractivity contribution is 6.32. The molecule has 1 heterocycles. The summed E-state index contributed by atoms with van der Waals surface area (Å²) < 4.78 is 5.50. The van der Waals surface area contributed by atoms with Crippen LogP contribution in [0.4, 0.5) is 0 Å². The topological polar surface area (TPSA) is 88.5 Å². The highest BCUT2D eigenvalue weighted by Gasteiger charge is 2.50. The van der Waals surface area contributed by atoms with Crippen molar-refractivity contribution in [3.8, 4) is 5.88 Å². The van der Waals surface area contributed by atoms with Crippen molar-refractivity contribution < 1.29 is 19.4 Å². The minimum absolute atomic E-state index is 0.124. The van der Waals surface area contributed by atoms with Crippen LogP contribution in [0.5, 0.6) is 5.88 Å². The van der Waals surface area contributed by atoms with Gasteiger partial charge >= 0.3 is 5.97 Å². The Labute approximate surface area is 132 Å². The van der Waals surface area contributed by atoms with Crippen molar-refractivity contribution in [3.05, 3.63) is 22.8 Å². The summed E-state index contributed by atoms with van der Waals surface area (Å²) in [4.78, 5) is 27.2. The van der Waals surface area contributed by atoms with Gasteiger partial charge in [0.05, 0.1) is 17.6 Å². The van der Waals surface area contributed by atoms with Gasteiger partial charge in [-0.3, -0.25) is 9.59 Å². The lowest BCUT2D eigenvalue weighted by Gasteiger charge is -2.12. The quantitative estimate of drug-likeness (QED) is 0.802. The Bertz CT molecular complexity index is 612. The standard InChI is InChI=1S/C15H17ClN2O4/c16-11-5-10(6-17-13(11)22-7-9-1-2-9)12(19)18-8-15(3-4-15)14(20)21/h5-6,9H,1-4,7-8H2,(H,18,19)(H,20,21). The maximum atomic E-state index is 12.0. The average Bonchev–Trinajstić information content (AvgIpc) is 3.37. The second-order valence-corrected chi connectivity index (χ2v) is 6.44. The van der Waals surface area contributed by atoms with Gasteiger partial charge in [-0.15, -0.1) is 0 Å². The fourth-order valence-electron chi connectivity index (χ4n) is 2.11. The van der Waals surface area contributed by atoms with E-state index in [1.807, 2.05) is 0 Å². The predicted octanol–water partition coefficient (Wildman–Crippen LogP) is 2.12. The summed E-state index contributed by atoms with van der Waals surface area (Å²) >= 11 is 6.07. The van der Waals surface area contributed by atoms with Crippen LogP contribution in [0.15, 0.2) is 12.3 Å². The Kier molecular flexibility index (Phi) is 3.95. The lowest BCUT2D eigenvalue weighted by molar-refractivity contribution is -0.143. The van der Waals surface area contributed by atoms with Gasteiger partial charge in [0.25, 0.3) is 5.91 Å². The van der Waals surface area contributed by atoms with Crippen molar-refractivity contribution in [1.29, 1.82) is 0 Å². The minimum Gasteiger partial charge on any atom is -0.481 e. The van der Waals surface area contributed by atoms with Gasteiger partial charge in [-0.1, -0.05) is 11.6 Å². The average molecular weight is 325 g/mol. The Morgan fingerprint density at radius 1 is 1.45 bits per heavy atom. The van der Waals surface area contributed by atoms with E-state index in [0.717, 1.165) is 0 Å². The fourth-order valence-corrected chi connectivity index (χ4v) is 2.33. The van der Waals surface area contributed by atoms with Crippen LogP contribution < -0.4 is 10.1 Å². The molecule has 2 saturated carbocycles. The maximum Gasteiger partial charge on any atom is 0.311 e. The molecule has 0 spiro atoms. The Morgan fingerprint density at radius 3 is 2.73 bits per heavy atom. The van der Waals surface area contributed by atoms with Crippen LogP contribution in [0.3, 0.4) is 0 Å². The number of carboxylic acid groups (broad SMARTS) is 1. The van der Waals surface area contributed by atoms with E-state index in [9.17, 15) is 9.59 Å². The Balaban J connectivity index is 1.57. The van der Waals surface area contributed by atoms with Crippen LogP contribution in [0.25, 0.3) is 0 Å². The van der Waals surface area contributed by atoms with E-state index in [1.165, 1.54) is 25.1 Å². The van der Waals surface area contributed by atoms with Crippen LogP contribution in [-0.4, -0.2) is 35.1 Å². The van der Waals surface area contributed by atoms with Crippen molar-refractivity contribution in [3.63, 3.8) is 0 Å². The molecule has 0 radical (unpaired) electrons. The lowest BCUT2D eigenvalue weighted by Crippen LogP contribution is -2.34. The number of pyridine rings is 1. The first-order chi connectivity index (χ1) is 10.5. The molecule has 0 bridgehead atoms. The number of nitrogens with one attached hydrogen (secondary N) is 1. The monoisotopic (exact) mass is 324 g/mol. The number of ether oxygens (including phenoxy) is 1. The number of carbonyl (C=O) groups is 2. The largest absolute Gasteiger partial charge is 0.481 e. The molecule has 118 valence electrons. The minimum atomic E-state index is -0.868. The summed E-state index contributed by atoms with van der Waals surface area (Å²) in [6.45, 7) is 0.720. The molecule has 0 aliphatic heterocycles. The summed E-state index contributed by atoms with van der Waals surface area (Å²) in [5.74, 6) is -0.329. The number of nitrogens with zero attached hydrogens (tertiary/aromatic N) is 1. The third-order valence-corrected chi connectivity index (χ3v) is 4.39. The summed E-state index contributed by atoms with van der Waals surface area (Å²) in [6.07, 6.45) is 4.92. The first-order valence-electron chi connectivity index (χ1n) is 7.30. The molecule has 6 nitrogen and oxygen atoms in total. The highest BCUT2D eigenvalue weighted by Crippen LogP contribution is 2.45. The van der Waals surface area contributed by atoms with Crippen molar-refractivity contribution >= 4 is 23.5 Å². The van der Waals surface area contributed by atoms with Gasteiger partial charge in [0, 0.05) is 12.7 Å². The summed E-state index contributed by atoms with van der Waals surface area (Å²) in [5, 5.41) is 12.0. The first kappa shape index (κ1) is 15.1. The van der Waals surface area contributed by atoms with E-state index < -0.39 is 11.4 Å². The summed E-state index contributed by atoms with van der Waals surface area (Å²) in [7, 11) is 0. The third kappa shape index (κ3) is 3.32. The SMILES string of the molecule is O=C(NCC1(C(=O)O)CC1)c1cnc(OCC2CC2)c(Cl)c1. The first-order valence-corrected chi connectivity index (χ1v) is 7.68. The van der Waals surface area contributed by atoms with Crippen molar-refractivity contribution in [2.45, 2.75) is 25.7 Å².